The molecule has 1 amide bonds. The van der Waals surface area contributed by atoms with Gasteiger partial charge < -0.3 is 9.64 Å². The summed E-state index contributed by atoms with van der Waals surface area (Å²) in [5.41, 5.74) is 5.40. The lowest BCUT2D eigenvalue weighted by molar-refractivity contribution is 0.0643. The molecule has 1 atom stereocenters. The van der Waals surface area contributed by atoms with Gasteiger partial charge in [-0.2, -0.15) is 5.10 Å². The number of benzene rings is 1. The van der Waals surface area contributed by atoms with E-state index in [9.17, 15) is 4.79 Å². The van der Waals surface area contributed by atoms with E-state index in [4.69, 9.17) is 16.3 Å². The molecule has 0 unspecified atom stereocenters. The molecule has 168 valence electrons. The second-order valence-corrected chi connectivity index (χ2v) is 8.85. The van der Waals surface area contributed by atoms with Crippen LogP contribution >= 0.6 is 11.6 Å². The third kappa shape index (κ3) is 4.37. The lowest BCUT2D eigenvalue weighted by Gasteiger charge is -2.32. The zero-order chi connectivity index (χ0) is 22.8. The van der Waals surface area contributed by atoms with Gasteiger partial charge in [-0.15, -0.1) is 0 Å². The summed E-state index contributed by atoms with van der Waals surface area (Å²) in [6.07, 6.45) is 7.95. The lowest BCUT2D eigenvalue weighted by atomic mass is 9.96. The number of pyridine rings is 1. The van der Waals surface area contributed by atoms with Crippen LogP contribution in [0.5, 0.6) is 5.75 Å². The van der Waals surface area contributed by atoms with Crippen LogP contribution in [0.15, 0.2) is 36.8 Å². The number of aromatic nitrogens is 3. The monoisotopic (exact) mass is 452 g/mol. The zero-order valence-corrected chi connectivity index (χ0v) is 19.8. The zero-order valence-electron chi connectivity index (χ0n) is 19.1. The molecule has 0 fully saturated rings. The fourth-order valence-corrected chi connectivity index (χ4v) is 4.42. The Morgan fingerprint density at radius 3 is 2.75 bits per heavy atom. The van der Waals surface area contributed by atoms with E-state index in [0.717, 1.165) is 47.3 Å². The standard InChI is InChI=1S/C25H29ClN4O2/c1-5-9-30-16(2)8-10-32-24-21(25(30)31)12-19(17(3)23(24)26)11-18-6-7-22(27-13-18)20-14-28-29(4)15-20/h6-7,12-16H,5,8-11H2,1-4H3/t16-/m0/s1. The molecule has 0 saturated carbocycles. The van der Waals surface area contributed by atoms with Gasteiger partial charge in [-0.1, -0.05) is 24.6 Å². The highest BCUT2D eigenvalue weighted by Crippen LogP contribution is 2.37. The van der Waals surface area contributed by atoms with Crippen LogP contribution in [0.2, 0.25) is 5.02 Å². The Bertz CT molecular complexity index is 1120. The number of fused-ring (bicyclic) bond motifs is 1. The minimum Gasteiger partial charge on any atom is -0.491 e. The first-order valence-electron chi connectivity index (χ1n) is 11.1. The van der Waals surface area contributed by atoms with Crippen LogP contribution in [0.3, 0.4) is 0 Å². The van der Waals surface area contributed by atoms with Crippen LogP contribution in [-0.2, 0) is 13.5 Å². The van der Waals surface area contributed by atoms with Crippen molar-refractivity contribution in [1.82, 2.24) is 19.7 Å². The summed E-state index contributed by atoms with van der Waals surface area (Å²) in [4.78, 5) is 20.0. The molecule has 0 aliphatic carbocycles. The minimum atomic E-state index is -0.0118. The predicted octanol–water partition coefficient (Wildman–Crippen LogP) is 5.06. The van der Waals surface area contributed by atoms with Gasteiger partial charge in [-0.05, 0) is 55.5 Å². The topological polar surface area (TPSA) is 60.2 Å². The molecular weight excluding hydrogens is 424 g/mol. The van der Waals surface area contributed by atoms with Crippen molar-refractivity contribution in [2.45, 2.75) is 46.1 Å². The van der Waals surface area contributed by atoms with E-state index < -0.39 is 0 Å². The van der Waals surface area contributed by atoms with Gasteiger partial charge in [-0.3, -0.25) is 14.5 Å². The van der Waals surface area contributed by atoms with Crippen molar-refractivity contribution in [2.75, 3.05) is 13.2 Å². The van der Waals surface area contributed by atoms with E-state index in [2.05, 4.69) is 30.0 Å². The quantitative estimate of drug-likeness (QED) is 0.543. The Balaban J connectivity index is 1.67. The van der Waals surface area contributed by atoms with Gasteiger partial charge in [0.1, 0.15) is 0 Å². The van der Waals surface area contributed by atoms with E-state index in [1.165, 1.54) is 0 Å². The molecule has 2 aromatic heterocycles. The second-order valence-electron chi connectivity index (χ2n) is 8.47. The second kappa shape index (κ2) is 9.33. The number of hydrogen-bond donors (Lipinski definition) is 0. The number of amides is 1. The Labute approximate surface area is 194 Å². The van der Waals surface area contributed by atoms with Crippen molar-refractivity contribution in [2.24, 2.45) is 7.05 Å². The molecular formula is C25H29ClN4O2. The van der Waals surface area contributed by atoms with Crippen LogP contribution in [0.4, 0.5) is 0 Å². The summed E-state index contributed by atoms with van der Waals surface area (Å²) in [6, 6.07) is 6.14. The van der Waals surface area contributed by atoms with Crippen molar-refractivity contribution in [3.8, 4) is 17.0 Å². The van der Waals surface area contributed by atoms with Gasteiger partial charge in [0.15, 0.2) is 5.75 Å². The molecule has 3 heterocycles. The molecule has 32 heavy (non-hydrogen) atoms. The van der Waals surface area contributed by atoms with E-state index in [1.54, 1.807) is 10.9 Å². The Hall–Kier alpha value is -2.86. The fraction of sp³-hybridized carbons (Fsp3) is 0.400. The summed E-state index contributed by atoms with van der Waals surface area (Å²) >= 11 is 6.72. The molecule has 0 N–H and O–H groups in total. The molecule has 0 spiro atoms. The fourth-order valence-electron chi connectivity index (χ4n) is 4.14. The van der Waals surface area contributed by atoms with E-state index >= 15 is 0 Å². The first kappa shape index (κ1) is 22.3. The lowest BCUT2D eigenvalue weighted by Crippen LogP contribution is -2.41. The van der Waals surface area contributed by atoms with Crippen molar-refractivity contribution in [3.63, 3.8) is 0 Å². The van der Waals surface area contributed by atoms with Crippen LogP contribution in [0.1, 0.15) is 53.7 Å². The van der Waals surface area contributed by atoms with Crippen LogP contribution < -0.4 is 4.74 Å². The number of carbonyl (C=O) groups is 1. The molecule has 1 aromatic carbocycles. The van der Waals surface area contributed by atoms with Crippen molar-refractivity contribution >= 4 is 17.5 Å². The third-order valence-corrected chi connectivity index (χ3v) is 6.52. The van der Waals surface area contributed by atoms with E-state index in [-0.39, 0.29) is 11.9 Å². The molecule has 1 aliphatic rings. The number of nitrogens with zero attached hydrogens (tertiary/aromatic N) is 4. The first-order valence-corrected chi connectivity index (χ1v) is 11.5. The maximum atomic E-state index is 13.4. The predicted molar refractivity (Wildman–Crippen MR) is 126 cm³/mol. The van der Waals surface area contributed by atoms with Gasteiger partial charge in [0.25, 0.3) is 5.91 Å². The number of ether oxygens (including phenoxy) is 1. The Morgan fingerprint density at radius 1 is 1.28 bits per heavy atom. The summed E-state index contributed by atoms with van der Waals surface area (Å²) < 4.78 is 7.74. The van der Waals surface area contributed by atoms with Gasteiger partial charge in [0.2, 0.25) is 0 Å². The van der Waals surface area contributed by atoms with Gasteiger partial charge in [-0.25, -0.2) is 0 Å². The maximum absolute atomic E-state index is 13.4. The molecule has 6 nitrogen and oxygen atoms in total. The van der Waals surface area contributed by atoms with Crippen LogP contribution in [0.25, 0.3) is 11.3 Å². The smallest absolute Gasteiger partial charge is 0.257 e. The van der Waals surface area contributed by atoms with Gasteiger partial charge >= 0.3 is 0 Å². The summed E-state index contributed by atoms with van der Waals surface area (Å²) in [6.45, 7) is 7.41. The molecule has 4 rings (SSSR count). The molecule has 0 bridgehead atoms. The number of carbonyl (C=O) groups excluding carboxylic acids is 1. The highest BCUT2D eigenvalue weighted by Gasteiger charge is 2.29. The third-order valence-electron chi connectivity index (χ3n) is 6.06. The van der Waals surface area contributed by atoms with Gasteiger partial charge in [0, 0.05) is 44.0 Å². The number of halogens is 1. The number of hydrogen-bond acceptors (Lipinski definition) is 4. The first-order chi connectivity index (χ1) is 15.4. The molecule has 0 saturated heterocycles. The maximum Gasteiger partial charge on any atom is 0.257 e. The van der Waals surface area contributed by atoms with Gasteiger partial charge in [0.05, 0.1) is 29.1 Å². The average Bonchev–Trinajstić information content (AvgIpc) is 3.22. The largest absolute Gasteiger partial charge is 0.491 e. The van der Waals surface area contributed by atoms with Crippen LogP contribution in [-0.4, -0.2) is 44.8 Å². The van der Waals surface area contributed by atoms with E-state index in [1.807, 2.05) is 43.4 Å². The number of aryl methyl sites for hydroxylation is 1. The Morgan fingerprint density at radius 2 is 2.09 bits per heavy atom. The van der Waals surface area contributed by atoms with Crippen molar-refractivity contribution < 1.29 is 9.53 Å². The molecule has 1 aliphatic heterocycles. The average molecular weight is 453 g/mol. The normalized spacial score (nSPS) is 16.3. The molecule has 7 heteroatoms. The van der Waals surface area contributed by atoms with Crippen molar-refractivity contribution in [3.05, 3.63) is 64.1 Å². The Kier molecular flexibility index (Phi) is 6.51. The summed E-state index contributed by atoms with van der Waals surface area (Å²) in [7, 11) is 1.89. The highest BCUT2D eigenvalue weighted by atomic mass is 35.5. The molecule has 3 aromatic rings. The molecule has 0 radical (unpaired) electrons. The van der Waals surface area contributed by atoms with Crippen LogP contribution in [0, 0.1) is 6.92 Å². The minimum absolute atomic E-state index is 0.0118. The summed E-state index contributed by atoms with van der Waals surface area (Å²) in [5.74, 6) is 0.498. The SMILES string of the molecule is CCCN1C(=O)c2cc(Cc3ccc(-c4cnn(C)c4)nc3)c(C)c(Cl)c2OCC[C@@H]1C. The van der Waals surface area contributed by atoms with Crippen molar-refractivity contribution in [1.29, 1.82) is 0 Å². The summed E-state index contributed by atoms with van der Waals surface area (Å²) in [5, 5.41) is 4.73. The highest BCUT2D eigenvalue weighted by molar-refractivity contribution is 6.33. The number of rotatable bonds is 5. The van der Waals surface area contributed by atoms with E-state index in [0.29, 0.717) is 29.4 Å².